The van der Waals surface area contributed by atoms with E-state index in [1.165, 1.54) is 12.8 Å². The summed E-state index contributed by atoms with van der Waals surface area (Å²) in [4.78, 5) is 18.6. The molecule has 0 saturated carbocycles. The van der Waals surface area contributed by atoms with Crippen LogP contribution in [0.15, 0.2) is 23.2 Å². The van der Waals surface area contributed by atoms with Crippen LogP contribution in [0.4, 0.5) is 0 Å². The largest absolute Gasteiger partial charge is 0.370 e. The Bertz CT molecular complexity index is 602. The summed E-state index contributed by atoms with van der Waals surface area (Å²) in [6.45, 7) is 5.48. The number of benzene rings is 1. The van der Waals surface area contributed by atoms with Crippen LogP contribution < -0.4 is 11.1 Å². The van der Waals surface area contributed by atoms with Gasteiger partial charge in [0.15, 0.2) is 5.96 Å². The van der Waals surface area contributed by atoms with E-state index in [1.807, 2.05) is 18.2 Å². The van der Waals surface area contributed by atoms with Crippen LogP contribution in [0.5, 0.6) is 0 Å². The Kier molecular flexibility index (Phi) is 6.26. The lowest BCUT2D eigenvalue weighted by molar-refractivity contribution is 0.0946. The summed E-state index contributed by atoms with van der Waals surface area (Å²) in [5, 5.41) is 2.88. The van der Waals surface area contributed by atoms with Crippen LogP contribution >= 0.6 is 24.0 Å². The lowest BCUT2D eigenvalue weighted by atomic mass is 9.98. The molecule has 1 amide bonds. The zero-order valence-corrected chi connectivity index (χ0v) is 15.9. The molecule has 3 rings (SSSR count). The molecule has 6 heteroatoms. The van der Waals surface area contributed by atoms with Gasteiger partial charge < -0.3 is 16.0 Å². The molecule has 2 aliphatic rings. The maximum absolute atomic E-state index is 11.9. The summed E-state index contributed by atoms with van der Waals surface area (Å²) in [7, 11) is 0. The van der Waals surface area contributed by atoms with Gasteiger partial charge in [0.1, 0.15) is 0 Å². The number of fused-ring (bicyclic) bond motifs is 1. The van der Waals surface area contributed by atoms with Crippen molar-refractivity contribution in [3.8, 4) is 0 Å². The first-order chi connectivity index (χ1) is 10.6. The highest BCUT2D eigenvalue weighted by molar-refractivity contribution is 14.0. The molecule has 2 heterocycles. The number of amides is 1. The van der Waals surface area contributed by atoms with E-state index in [-0.39, 0.29) is 29.9 Å². The molecule has 5 nitrogen and oxygen atoms in total. The molecule has 3 N–H and O–H groups in total. The average Bonchev–Trinajstić information content (AvgIpc) is 2.53. The predicted octanol–water partition coefficient (Wildman–Crippen LogP) is 2.14. The Hall–Kier alpha value is -1.31. The third-order valence-electron chi connectivity index (χ3n) is 4.50. The van der Waals surface area contributed by atoms with Crippen molar-refractivity contribution in [2.45, 2.75) is 32.7 Å². The second kappa shape index (κ2) is 7.99. The van der Waals surface area contributed by atoms with Crippen molar-refractivity contribution >= 4 is 35.8 Å². The number of guanidine groups is 1. The molecule has 0 aliphatic carbocycles. The van der Waals surface area contributed by atoms with Gasteiger partial charge in [0.2, 0.25) is 0 Å². The maximum Gasteiger partial charge on any atom is 0.251 e. The lowest BCUT2D eigenvalue weighted by Gasteiger charge is -2.31. The molecule has 2 aliphatic heterocycles. The first-order valence-electron chi connectivity index (χ1n) is 8.08. The summed E-state index contributed by atoms with van der Waals surface area (Å²) in [5.41, 5.74) is 9.05. The fraction of sp³-hybridized carbons (Fsp3) is 0.529. The van der Waals surface area contributed by atoms with E-state index < -0.39 is 0 Å². The van der Waals surface area contributed by atoms with Crippen LogP contribution in [-0.4, -0.2) is 36.4 Å². The monoisotopic (exact) mass is 428 g/mol. The van der Waals surface area contributed by atoms with Crippen molar-refractivity contribution in [3.63, 3.8) is 0 Å². The highest BCUT2D eigenvalue weighted by Crippen LogP contribution is 2.17. The number of nitrogens with two attached hydrogens (primary N) is 1. The van der Waals surface area contributed by atoms with E-state index in [9.17, 15) is 4.79 Å². The minimum atomic E-state index is 0. The number of nitrogens with one attached hydrogen (secondary N) is 1. The molecule has 23 heavy (non-hydrogen) atoms. The van der Waals surface area contributed by atoms with Crippen LogP contribution in [0.1, 0.15) is 41.3 Å². The highest BCUT2D eigenvalue weighted by Gasteiger charge is 2.18. The van der Waals surface area contributed by atoms with Gasteiger partial charge in [-0.2, -0.15) is 0 Å². The van der Waals surface area contributed by atoms with Crippen LogP contribution in [-0.2, 0) is 13.0 Å². The van der Waals surface area contributed by atoms with E-state index in [1.54, 1.807) is 0 Å². The zero-order chi connectivity index (χ0) is 15.5. The van der Waals surface area contributed by atoms with Gasteiger partial charge in [0, 0.05) is 25.2 Å². The number of carbonyl (C=O) groups excluding carboxylic acids is 1. The standard InChI is InChI=1S/C17H24N4O.HI/c1-12-3-2-8-21(11-12)17(18)20-10-13-4-5-14-6-7-19-16(22)15(14)9-13;/h4-5,9,12H,2-3,6-8,10-11H2,1H3,(H2,18,20)(H,19,22);1H. The Morgan fingerprint density at radius 1 is 1.48 bits per heavy atom. The van der Waals surface area contributed by atoms with E-state index in [0.29, 0.717) is 18.4 Å². The minimum absolute atomic E-state index is 0. The third-order valence-corrected chi connectivity index (χ3v) is 4.50. The Balaban J connectivity index is 0.00000192. The van der Waals surface area contributed by atoms with Gasteiger partial charge in [-0.05, 0) is 42.4 Å². The van der Waals surface area contributed by atoms with Crippen molar-refractivity contribution < 1.29 is 4.79 Å². The zero-order valence-electron chi connectivity index (χ0n) is 13.5. The molecule has 126 valence electrons. The predicted molar refractivity (Wildman–Crippen MR) is 103 cm³/mol. The van der Waals surface area contributed by atoms with E-state index in [0.717, 1.165) is 42.7 Å². The van der Waals surface area contributed by atoms with Crippen molar-refractivity contribution in [3.05, 3.63) is 34.9 Å². The van der Waals surface area contributed by atoms with Crippen LogP contribution in [0, 0.1) is 5.92 Å². The normalized spacial score (nSPS) is 21.3. The highest BCUT2D eigenvalue weighted by atomic mass is 127. The number of halogens is 1. The SMILES string of the molecule is CC1CCCN(C(N)=NCc2ccc3c(c2)C(=O)NCC3)C1.I. The lowest BCUT2D eigenvalue weighted by Crippen LogP contribution is -2.43. The maximum atomic E-state index is 11.9. The quantitative estimate of drug-likeness (QED) is 0.431. The number of rotatable bonds is 2. The van der Waals surface area contributed by atoms with Crippen molar-refractivity contribution in [1.29, 1.82) is 0 Å². The molecule has 0 spiro atoms. The minimum Gasteiger partial charge on any atom is -0.370 e. The van der Waals surface area contributed by atoms with Gasteiger partial charge >= 0.3 is 0 Å². The first-order valence-corrected chi connectivity index (χ1v) is 8.08. The fourth-order valence-corrected chi connectivity index (χ4v) is 3.23. The van der Waals surface area contributed by atoms with Gasteiger partial charge in [0.25, 0.3) is 5.91 Å². The molecular formula is C17H25IN4O. The molecule has 1 fully saturated rings. The summed E-state index contributed by atoms with van der Waals surface area (Å²) in [6, 6.07) is 6.03. The van der Waals surface area contributed by atoms with Gasteiger partial charge in [-0.1, -0.05) is 19.1 Å². The van der Waals surface area contributed by atoms with Crippen LogP contribution in [0.25, 0.3) is 0 Å². The molecule has 1 unspecified atom stereocenters. The Morgan fingerprint density at radius 3 is 3.09 bits per heavy atom. The average molecular weight is 428 g/mol. The summed E-state index contributed by atoms with van der Waals surface area (Å²) in [5.74, 6) is 1.31. The molecule has 1 atom stereocenters. The number of piperidine rings is 1. The topological polar surface area (TPSA) is 70.7 Å². The van der Waals surface area contributed by atoms with E-state index in [4.69, 9.17) is 5.73 Å². The fourth-order valence-electron chi connectivity index (χ4n) is 3.23. The van der Waals surface area contributed by atoms with Gasteiger partial charge in [-0.25, -0.2) is 4.99 Å². The Morgan fingerprint density at radius 2 is 2.30 bits per heavy atom. The second-order valence-corrected chi connectivity index (χ2v) is 6.37. The number of aliphatic imine (C=N–C) groups is 1. The van der Waals surface area contributed by atoms with Gasteiger partial charge in [0.05, 0.1) is 6.54 Å². The molecule has 1 aromatic carbocycles. The van der Waals surface area contributed by atoms with Crippen molar-refractivity contribution in [2.75, 3.05) is 19.6 Å². The van der Waals surface area contributed by atoms with Crippen LogP contribution in [0.2, 0.25) is 0 Å². The number of hydrogen-bond acceptors (Lipinski definition) is 2. The van der Waals surface area contributed by atoms with E-state index >= 15 is 0 Å². The third kappa shape index (κ3) is 4.37. The molecule has 1 aromatic rings. The molecule has 0 bridgehead atoms. The van der Waals surface area contributed by atoms with Crippen molar-refractivity contribution in [1.82, 2.24) is 10.2 Å². The summed E-state index contributed by atoms with van der Waals surface area (Å²) in [6.07, 6.45) is 3.35. The molecule has 0 radical (unpaired) electrons. The van der Waals surface area contributed by atoms with Gasteiger partial charge in [-0.3, -0.25) is 4.79 Å². The van der Waals surface area contributed by atoms with Crippen molar-refractivity contribution in [2.24, 2.45) is 16.6 Å². The summed E-state index contributed by atoms with van der Waals surface area (Å²) < 4.78 is 0. The number of carbonyl (C=O) groups is 1. The number of nitrogens with zero attached hydrogens (tertiary/aromatic N) is 2. The van der Waals surface area contributed by atoms with Gasteiger partial charge in [-0.15, -0.1) is 24.0 Å². The second-order valence-electron chi connectivity index (χ2n) is 6.37. The Labute approximate surface area is 154 Å². The molecule has 1 saturated heterocycles. The van der Waals surface area contributed by atoms with Crippen LogP contribution in [0.3, 0.4) is 0 Å². The van der Waals surface area contributed by atoms with E-state index in [2.05, 4.69) is 22.1 Å². The molecular weight excluding hydrogens is 403 g/mol. The smallest absolute Gasteiger partial charge is 0.251 e. The summed E-state index contributed by atoms with van der Waals surface area (Å²) >= 11 is 0. The number of likely N-dealkylation sites (tertiary alicyclic amines) is 1. The molecule has 0 aromatic heterocycles. The number of hydrogen-bond donors (Lipinski definition) is 2. The first kappa shape index (κ1) is 18.0.